The van der Waals surface area contributed by atoms with Gasteiger partial charge in [0.25, 0.3) is 0 Å². The number of hydrogen-bond donors (Lipinski definition) is 0. The summed E-state index contributed by atoms with van der Waals surface area (Å²) in [6, 6.07) is 0. The Hall–Kier alpha value is -0.805. The lowest BCUT2D eigenvalue weighted by molar-refractivity contribution is -0.382. The second-order valence-electron chi connectivity index (χ2n) is 3.21. The zero-order chi connectivity index (χ0) is 17.4. The molecule has 16 heteroatoms. The van der Waals surface area contributed by atoms with E-state index in [4.69, 9.17) is 0 Å². The lowest BCUT2D eigenvalue weighted by Gasteiger charge is -2.14. The van der Waals surface area contributed by atoms with Crippen LogP contribution in [0.15, 0.2) is 0 Å². The van der Waals surface area contributed by atoms with Crippen molar-refractivity contribution in [3.8, 4) is 0 Å². The summed E-state index contributed by atoms with van der Waals surface area (Å²) in [4.78, 5) is 21.1. The number of hydrogen-bond acceptors (Lipinski definition) is 6. The van der Waals surface area contributed by atoms with Crippen LogP contribution in [-0.2, 0) is 29.1 Å². The minimum atomic E-state index is -4.90. The molecule has 0 aromatic rings. The molecule has 0 rings (SSSR count). The summed E-state index contributed by atoms with van der Waals surface area (Å²) in [5.41, 5.74) is 0. The van der Waals surface area contributed by atoms with Crippen molar-refractivity contribution >= 4 is 7.32 Å². The molecule has 0 spiro atoms. The van der Waals surface area contributed by atoms with Gasteiger partial charge in [-0.3, -0.25) is 0 Å². The van der Waals surface area contributed by atoms with Crippen molar-refractivity contribution in [3.05, 3.63) is 0 Å². The molecule has 0 aliphatic carbocycles. The van der Waals surface area contributed by atoms with Gasteiger partial charge >= 0.3 is 25.9 Å². The molecule has 0 radical (unpaired) electrons. The van der Waals surface area contributed by atoms with Crippen LogP contribution in [0.1, 0.15) is 0 Å². The molecule has 132 valence electrons. The quantitative estimate of drug-likeness (QED) is 0.274. The maximum Gasteiger partial charge on any atom is 0.725 e. The van der Waals surface area contributed by atoms with Crippen LogP contribution in [-0.4, -0.2) is 45.7 Å². The van der Waals surface area contributed by atoms with Gasteiger partial charge in [-0.15, -0.1) is 0 Å². The largest absolute Gasteiger partial charge is 0.725 e. The number of halogens is 9. The fourth-order valence-corrected chi connectivity index (χ4v) is 0.517. The summed E-state index contributed by atoms with van der Waals surface area (Å²) in [6.45, 7) is -6.18. The number of alkyl halides is 9. The molecule has 0 N–H and O–H groups in total. The molecule has 0 amide bonds. The molecule has 0 heterocycles. The molecule has 0 aliphatic heterocycles. The molecule has 0 unspecified atom stereocenters. The predicted molar refractivity (Wildman–Crippen MR) is 45.0 cm³/mol. The smallest absolute Gasteiger partial charge is 0.238 e. The molecular formula is C6H6BF9O6. The van der Waals surface area contributed by atoms with Crippen LogP contribution >= 0.6 is 0 Å². The highest BCUT2D eigenvalue weighted by atomic mass is 19.4. The average Bonchev–Trinajstić information content (AvgIpc) is 2.23. The maximum absolute atomic E-state index is 11.7. The first kappa shape index (κ1) is 21.2. The summed E-state index contributed by atoms with van der Waals surface area (Å²) in [6.07, 6.45) is -14.7. The minimum Gasteiger partial charge on any atom is -0.238 e. The molecule has 22 heavy (non-hydrogen) atoms. The third kappa shape index (κ3) is 15.6. The first-order valence-electron chi connectivity index (χ1n) is 4.83. The van der Waals surface area contributed by atoms with Gasteiger partial charge in [-0.2, -0.15) is 39.5 Å². The first-order chi connectivity index (χ1) is 9.79. The van der Waals surface area contributed by atoms with E-state index in [2.05, 4.69) is 29.1 Å². The van der Waals surface area contributed by atoms with Crippen molar-refractivity contribution in [2.24, 2.45) is 0 Å². The second kappa shape index (κ2) is 8.73. The molecule has 0 fully saturated rings. The summed E-state index contributed by atoms with van der Waals surface area (Å²) in [5, 5.41) is 0. The highest BCUT2D eigenvalue weighted by molar-refractivity contribution is 6.35. The molecule has 0 aromatic carbocycles. The molecule has 0 bridgehead atoms. The van der Waals surface area contributed by atoms with E-state index in [1.807, 2.05) is 0 Å². The number of rotatable bonds is 9. The van der Waals surface area contributed by atoms with Crippen LogP contribution in [0, 0.1) is 0 Å². The highest BCUT2D eigenvalue weighted by Crippen LogP contribution is 2.18. The van der Waals surface area contributed by atoms with Gasteiger partial charge in [0.2, 0.25) is 0 Å². The van der Waals surface area contributed by atoms with Crippen LogP contribution in [0.3, 0.4) is 0 Å². The lowest BCUT2D eigenvalue weighted by atomic mass is 10.3. The summed E-state index contributed by atoms with van der Waals surface area (Å²) in [7, 11) is -2.70. The van der Waals surface area contributed by atoms with Crippen LogP contribution in [0.5, 0.6) is 0 Å². The van der Waals surface area contributed by atoms with Crippen molar-refractivity contribution in [2.75, 3.05) is 19.8 Å². The Morgan fingerprint density at radius 1 is 0.500 bits per heavy atom. The lowest BCUT2D eigenvalue weighted by Crippen LogP contribution is -2.33. The van der Waals surface area contributed by atoms with Crippen LogP contribution in [0.25, 0.3) is 0 Å². The SMILES string of the molecule is FC(F)(F)COOB(OOCC(F)(F)F)OOCC(F)(F)F. The zero-order valence-corrected chi connectivity index (χ0v) is 10.0. The van der Waals surface area contributed by atoms with Gasteiger partial charge in [0.1, 0.15) is 0 Å². The van der Waals surface area contributed by atoms with Gasteiger partial charge in [-0.05, 0) is 0 Å². The molecular weight excluding hydrogens is 350 g/mol. The molecule has 0 aromatic heterocycles. The Morgan fingerprint density at radius 2 is 0.727 bits per heavy atom. The van der Waals surface area contributed by atoms with Crippen molar-refractivity contribution in [2.45, 2.75) is 18.5 Å². The van der Waals surface area contributed by atoms with E-state index in [9.17, 15) is 39.5 Å². The van der Waals surface area contributed by atoms with Gasteiger partial charge in [0.05, 0.1) is 0 Å². The monoisotopic (exact) mass is 356 g/mol. The van der Waals surface area contributed by atoms with E-state index in [0.29, 0.717) is 0 Å². The third-order valence-electron chi connectivity index (χ3n) is 1.11. The Balaban J connectivity index is 4.19. The Labute approximate surface area is 115 Å². The minimum absolute atomic E-state index is 2.06. The standard InChI is InChI=1S/C6H6BF9O6/c8-4(9,10)1-17-20-7(21-18-2-5(11,12)13)22-19-3-6(14,15)16/h1-3H2. The average molecular weight is 356 g/mol. The molecule has 0 aliphatic rings. The van der Waals surface area contributed by atoms with E-state index >= 15 is 0 Å². The van der Waals surface area contributed by atoms with Crippen molar-refractivity contribution in [1.29, 1.82) is 0 Å². The highest BCUT2D eigenvalue weighted by Gasteiger charge is 2.36. The fraction of sp³-hybridized carbons (Fsp3) is 1.00. The van der Waals surface area contributed by atoms with Crippen molar-refractivity contribution in [1.82, 2.24) is 0 Å². The van der Waals surface area contributed by atoms with Gasteiger partial charge in [0.15, 0.2) is 19.8 Å². The summed E-state index contributed by atoms with van der Waals surface area (Å²) in [5.74, 6) is 0. The Bertz CT molecular complexity index is 257. The van der Waals surface area contributed by atoms with E-state index in [0.717, 1.165) is 0 Å². The predicted octanol–water partition coefficient (Wildman–Crippen LogP) is 2.50. The maximum atomic E-state index is 11.7. The Kier molecular flexibility index (Phi) is 8.41. The first-order valence-corrected chi connectivity index (χ1v) is 4.83. The molecule has 6 nitrogen and oxygen atoms in total. The van der Waals surface area contributed by atoms with Gasteiger partial charge in [0, 0.05) is 0 Å². The van der Waals surface area contributed by atoms with Crippen molar-refractivity contribution < 1.29 is 68.6 Å². The second-order valence-corrected chi connectivity index (χ2v) is 3.21. The van der Waals surface area contributed by atoms with Crippen LogP contribution in [0.4, 0.5) is 39.5 Å². The molecule has 0 saturated carbocycles. The molecule has 0 saturated heterocycles. The fourth-order valence-electron chi connectivity index (χ4n) is 0.517. The van der Waals surface area contributed by atoms with E-state index in [1.54, 1.807) is 0 Å². The van der Waals surface area contributed by atoms with Gasteiger partial charge in [-0.1, -0.05) is 0 Å². The summed E-state index contributed by atoms with van der Waals surface area (Å²) >= 11 is 0. The van der Waals surface area contributed by atoms with Gasteiger partial charge in [-0.25, -0.2) is 29.1 Å². The molecule has 0 atom stereocenters. The van der Waals surface area contributed by atoms with Crippen LogP contribution in [0.2, 0.25) is 0 Å². The normalized spacial score (nSPS) is 13.5. The van der Waals surface area contributed by atoms with Crippen LogP contribution < -0.4 is 0 Å². The zero-order valence-electron chi connectivity index (χ0n) is 10.0. The topological polar surface area (TPSA) is 55.4 Å². The third-order valence-corrected chi connectivity index (χ3v) is 1.11. The Morgan fingerprint density at radius 3 is 0.909 bits per heavy atom. The summed E-state index contributed by atoms with van der Waals surface area (Å²) < 4.78 is 105. The van der Waals surface area contributed by atoms with Crippen molar-refractivity contribution in [3.63, 3.8) is 0 Å². The van der Waals surface area contributed by atoms with E-state index < -0.39 is 45.7 Å². The van der Waals surface area contributed by atoms with E-state index in [-0.39, 0.29) is 0 Å². The van der Waals surface area contributed by atoms with E-state index in [1.165, 1.54) is 0 Å². The van der Waals surface area contributed by atoms with Gasteiger partial charge < -0.3 is 0 Å².